The predicted molar refractivity (Wildman–Crippen MR) is 58.5 cm³/mol. The molecule has 2 rings (SSSR count). The number of nitrogens with one attached hydrogen (secondary N) is 2. The third-order valence-corrected chi connectivity index (χ3v) is 3.84. The van der Waals surface area contributed by atoms with E-state index in [2.05, 4.69) is 15.6 Å². The van der Waals surface area contributed by atoms with Crippen LogP contribution in [0, 0.1) is 5.92 Å². The first-order valence-electron chi connectivity index (χ1n) is 4.95. The normalized spacial score (nSPS) is 25.8. The summed E-state index contributed by atoms with van der Waals surface area (Å²) in [7, 11) is 1.64. The Kier molecular flexibility index (Phi) is 2.96. The van der Waals surface area contributed by atoms with Crippen molar-refractivity contribution in [2.45, 2.75) is 18.1 Å². The van der Waals surface area contributed by atoms with Crippen LogP contribution in [0.3, 0.4) is 0 Å². The second-order valence-electron chi connectivity index (χ2n) is 3.67. The quantitative estimate of drug-likeness (QED) is 0.704. The lowest BCUT2D eigenvalue weighted by Crippen LogP contribution is -2.33. The van der Waals surface area contributed by atoms with Gasteiger partial charge < -0.3 is 10.6 Å². The Bertz CT molecular complexity index is 263. The van der Waals surface area contributed by atoms with E-state index in [4.69, 9.17) is 0 Å². The van der Waals surface area contributed by atoms with Crippen molar-refractivity contribution in [1.29, 1.82) is 0 Å². The number of carbonyl (C=O) groups is 1. The molecule has 1 aliphatic carbocycles. The van der Waals surface area contributed by atoms with Crippen LogP contribution in [0.5, 0.6) is 0 Å². The molecule has 1 unspecified atom stereocenters. The molecule has 0 saturated heterocycles. The van der Waals surface area contributed by atoms with Gasteiger partial charge in [0, 0.05) is 12.3 Å². The molecule has 0 aromatic rings. The van der Waals surface area contributed by atoms with Crippen molar-refractivity contribution in [3.05, 3.63) is 0 Å². The van der Waals surface area contributed by atoms with Crippen LogP contribution in [0.25, 0.3) is 0 Å². The Morgan fingerprint density at radius 1 is 1.64 bits per heavy atom. The first-order chi connectivity index (χ1) is 6.79. The Hall–Kier alpha value is -0.710. The summed E-state index contributed by atoms with van der Waals surface area (Å²) in [5.74, 6) is 0.881. The van der Waals surface area contributed by atoms with E-state index in [-0.39, 0.29) is 5.91 Å². The molecular formula is C9H15N3OS. The van der Waals surface area contributed by atoms with E-state index in [0.29, 0.717) is 11.8 Å². The molecule has 14 heavy (non-hydrogen) atoms. The molecule has 1 saturated carbocycles. The van der Waals surface area contributed by atoms with Crippen LogP contribution >= 0.6 is 11.8 Å². The van der Waals surface area contributed by atoms with Crippen molar-refractivity contribution < 1.29 is 4.79 Å². The third-order valence-electron chi connectivity index (χ3n) is 2.50. The van der Waals surface area contributed by atoms with Gasteiger partial charge in [0.1, 0.15) is 0 Å². The summed E-state index contributed by atoms with van der Waals surface area (Å²) in [6.45, 7) is 1.26. The van der Waals surface area contributed by atoms with E-state index in [0.717, 1.165) is 17.6 Å². The molecule has 1 atom stereocenters. The number of hydrogen-bond acceptors (Lipinski definition) is 4. The van der Waals surface area contributed by atoms with Gasteiger partial charge >= 0.3 is 0 Å². The molecule has 0 aromatic heterocycles. The van der Waals surface area contributed by atoms with E-state index < -0.39 is 0 Å². The fourth-order valence-electron chi connectivity index (χ4n) is 1.45. The van der Waals surface area contributed by atoms with Crippen molar-refractivity contribution in [1.82, 2.24) is 10.6 Å². The van der Waals surface area contributed by atoms with E-state index in [1.807, 2.05) is 0 Å². The average Bonchev–Trinajstić information content (AvgIpc) is 2.95. The van der Waals surface area contributed by atoms with Crippen LogP contribution < -0.4 is 10.6 Å². The molecule has 0 spiro atoms. The molecule has 1 fully saturated rings. The van der Waals surface area contributed by atoms with Gasteiger partial charge in [0.25, 0.3) is 0 Å². The number of carbonyl (C=O) groups excluding carboxylic acids is 1. The Labute approximate surface area is 87.9 Å². The first kappa shape index (κ1) is 9.83. The highest BCUT2D eigenvalue weighted by atomic mass is 32.2. The van der Waals surface area contributed by atoms with E-state index in [1.165, 1.54) is 12.8 Å². The maximum atomic E-state index is 11.0. The van der Waals surface area contributed by atoms with Gasteiger partial charge in [-0.15, -0.1) is 0 Å². The van der Waals surface area contributed by atoms with E-state index >= 15 is 0 Å². The van der Waals surface area contributed by atoms with Crippen molar-refractivity contribution in [2.24, 2.45) is 10.9 Å². The minimum absolute atomic E-state index is 0.00294. The Morgan fingerprint density at radius 2 is 2.43 bits per heavy atom. The van der Waals surface area contributed by atoms with E-state index in [9.17, 15) is 4.79 Å². The fraction of sp³-hybridized carbons (Fsp3) is 0.778. The monoisotopic (exact) mass is 213 g/mol. The van der Waals surface area contributed by atoms with E-state index in [1.54, 1.807) is 18.8 Å². The zero-order valence-corrected chi connectivity index (χ0v) is 9.06. The summed E-state index contributed by atoms with van der Waals surface area (Å²) in [4.78, 5) is 15.3. The van der Waals surface area contributed by atoms with Crippen LogP contribution in [0.1, 0.15) is 12.8 Å². The van der Waals surface area contributed by atoms with Gasteiger partial charge in [-0.25, -0.2) is 0 Å². The number of hydrogen-bond donors (Lipinski definition) is 2. The summed E-state index contributed by atoms with van der Waals surface area (Å²) < 4.78 is 0. The van der Waals surface area contributed by atoms with Gasteiger partial charge in [-0.2, -0.15) is 0 Å². The second-order valence-corrected chi connectivity index (χ2v) is 4.89. The van der Waals surface area contributed by atoms with Gasteiger partial charge in [0.2, 0.25) is 5.91 Å². The van der Waals surface area contributed by atoms with Crippen molar-refractivity contribution in [2.75, 3.05) is 20.1 Å². The summed E-state index contributed by atoms with van der Waals surface area (Å²) in [6, 6.07) is 0. The maximum Gasteiger partial charge on any atom is 0.239 e. The second kappa shape index (κ2) is 4.21. The first-order valence-corrected chi connectivity index (χ1v) is 5.83. The lowest BCUT2D eigenvalue weighted by atomic mass is 10.3. The van der Waals surface area contributed by atoms with Crippen LogP contribution in [0.4, 0.5) is 0 Å². The number of aliphatic imine (C=N–C) groups is 1. The van der Waals surface area contributed by atoms with Gasteiger partial charge in [-0.1, -0.05) is 11.8 Å². The Balaban J connectivity index is 1.69. The standard InChI is InChI=1S/C9H15N3OS/c1-10-8(13)5-12-9-11-4-7(14-9)6-2-3-6/h6-7H,2-5H2,1H3,(H,10,13)(H,11,12). The average molecular weight is 213 g/mol. The van der Waals surface area contributed by atoms with Gasteiger partial charge in [0.15, 0.2) is 5.17 Å². The van der Waals surface area contributed by atoms with Crippen LogP contribution in [-0.2, 0) is 4.79 Å². The summed E-state index contributed by atoms with van der Waals surface area (Å²) >= 11 is 1.79. The molecular weight excluding hydrogens is 198 g/mol. The third kappa shape index (κ3) is 2.41. The van der Waals surface area contributed by atoms with Gasteiger partial charge in [0.05, 0.1) is 13.1 Å². The zero-order valence-electron chi connectivity index (χ0n) is 8.25. The summed E-state index contributed by atoms with van der Waals surface area (Å²) in [5.41, 5.74) is 0. The highest BCUT2D eigenvalue weighted by Crippen LogP contribution is 2.41. The molecule has 0 bridgehead atoms. The topological polar surface area (TPSA) is 53.5 Å². The van der Waals surface area contributed by atoms with Gasteiger partial charge in [-0.05, 0) is 18.8 Å². The molecule has 2 aliphatic rings. The van der Waals surface area contributed by atoms with Crippen molar-refractivity contribution in [3.63, 3.8) is 0 Å². The van der Waals surface area contributed by atoms with Crippen molar-refractivity contribution in [3.8, 4) is 0 Å². The summed E-state index contributed by atoms with van der Waals surface area (Å²) in [6.07, 6.45) is 2.71. The largest absolute Gasteiger partial charge is 0.358 e. The number of amidine groups is 1. The van der Waals surface area contributed by atoms with Crippen LogP contribution in [-0.4, -0.2) is 36.5 Å². The Morgan fingerprint density at radius 3 is 3.07 bits per heavy atom. The number of nitrogens with zero attached hydrogens (tertiary/aromatic N) is 1. The molecule has 0 aromatic carbocycles. The lowest BCUT2D eigenvalue weighted by Gasteiger charge is -2.06. The maximum absolute atomic E-state index is 11.0. The van der Waals surface area contributed by atoms with Gasteiger partial charge in [-0.3, -0.25) is 9.79 Å². The number of rotatable bonds is 3. The summed E-state index contributed by atoms with van der Waals surface area (Å²) in [5, 5.41) is 7.22. The highest BCUT2D eigenvalue weighted by molar-refractivity contribution is 8.14. The minimum Gasteiger partial charge on any atom is -0.358 e. The van der Waals surface area contributed by atoms with Crippen LogP contribution in [0.2, 0.25) is 0 Å². The predicted octanol–water partition coefficient (Wildman–Crippen LogP) is 0.203. The smallest absolute Gasteiger partial charge is 0.239 e. The zero-order chi connectivity index (χ0) is 9.97. The number of thioether (sulfide) groups is 1. The SMILES string of the molecule is CNC(=O)CNC1=NCC(C2CC2)S1. The minimum atomic E-state index is 0.00294. The molecule has 4 nitrogen and oxygen atoms in total. The van der Waals surface area contributed by atoms with Crippen LogP contribution in [0.15, 0.2) is 4.99 Å². The molecule has 78 valence electrons. The lowest BCUT2D eigenvalue weighted by molar-refractivity contribution is -0.119. The van der Waals surface area contributed by atoms with Crippen molar-refractivity contribution >= 4 is 22.8 Å². The fourth-order valence-corrected chi connectivity index (χ4v) is 2.65. The number of amides is 1. The molecule has 1 heterocycles. The molecule has 1 amide bonds. The highest BCUT2D eigenvalue weighted by Gasteiger charge is 2.35. The molecule has 1 aliphatic heterocycles. The molecule has 0 radical (unpaired) electrons. The number of likely N-dealkylation sites (N-methyl/N-ethyl adjacent to an activating group) is 1. The molecule has 2 N–H and O–H groups in total. The molecule has 5 heteroatoms.